The molecular formula is C19H20F3N5O2. The molecule has 0 radical (unpaired) electrons. The lowest BCUT2D eigenvalue weighted by Crippen LogP contribution is -2.53. The molecule has 3 amide bonds. The van der Waals surface area contributed by atoms with Gasteiger partial charge in [0.1, 0.15) is 5.82 Å². The third-order valence-corrected chi connectivity index (χ3v) is 5.43. The maximum Gasteiger partial charge on any atom is 0.416 e. The molecule has 4 rings (SSSR count). The third-order valence-electron chi connectivity index (χ3n) is 5.43. The van der Waals surface area contributed by atoms with Gasteiger partial charge in [-0.3, -0.25) is 4.79 Å². The van der Waals surface area contributed by atoms with Crippen LogP contribution in [0.25, 0.3) is 0 Å². The summed E-state index contributed by atoms with van der Waals surface area (Å²) in [5.74, 6) is 0.448. The zero-order valence-electron chi connectivity index (χ0n) is 15.8. The number of imidazole rings is 1. The summed E-state index contributed by atoms with van der Waals surface area (Å²) in [6, 6.07) is 4.00. The van der Waals surface area contributed by atoms with E-state index in [4.69, 9.17) is 0 Å². The summed E-state index contributed by atoms with van der Waals surface area (Å²) < 4.78 is 40.0. The molecule has 1 atom stereocenters. The Morgan fingerprint density at radius 2 is 1.90 bits per heavy atom. The lowest BCUT2D eigenvalue weighted by atomic mass is 10.1. The summed E-state index contributed by atoms with van der Waals surface area (Å²) in [4.78, 5) is 34.7. The van der Waals surface area contributed by atoms with Gasteiger partial charge in [0.05, 0.1) is 18.2 Å². The Labute approximate surface area is 165 Å². The molecule has 0 bridgehead atoms. The van der Waals surface area contributed by atoms with E-state index in [1.165, 1.54) is 12.1 Å². The van der Waals surface area contributed by atoms with E-state index in [0.717, 1.165) is 18.0 Å². The molecule has 2 fully saturated rings. The Balaban J connectivity index is 1.42. The number of aryl methyl sites for hydroxylation is 1. The second kappa shape index (κ2) is 7.09. The molecule has 1 aromatic carbocycles. The summed E-state index contributed by atoms with van der Waals surface area (Å²) in [5, 5.41) is 0. The summed E-state index contributed by atoms with van der Waals surface area (Å²) in [7, 11) is 1.86. The quantitative estimate of drug-likeness (QED) is 0.784. The number of piperazine rings is 1. The van der Waals surface area contributed by atoms with Crippen LogP contribution in [-0.2, 0) is 19.8 Å². The highest BCUT2D eigenvalue weighted by Crippen LogP contribution is 2.29. The summed E-state index contributed by atoms with van der Waals surface area (Å²) in [5.41, 5.74) is -0.578. The van der Waals surface area contributed by atoms with Crippen LogP contribution in [0, 0.1) is 0 Å². The highest BCUT2D eigenvalue weighted by atomic mass is 19.4. The molecule has 0 spiro atoms. The number of hydrogen-bond acceptors (Lipinski definition) is 3. The summed E-state index contributed by atoms with van der Waals surface area (Å²) in [6.45, 7) is 1.96. The normalized spacial score (nSPS) is 19.7. The first kappa shape index (κ1) is 19.3. The Morgan fingerprint density at radius 1 is 1.17 bits per heavy atom. The molecule has 0 N–H and O–H groups in total. The first-order valence-corrected chi connectivity index (χ1v) is 9.22. The average molecular weight is 407 g/mol. The van der Waals surface area contributed by atoms with Gasteiger partial charge in [-0.2, -0.15) is 13.2 Å². The van der Waals surface area contributed by atoms with Crippen molar-refractivity contribution in [3.05, 3.63) is 53.6 Å². The van der Waals surface area contributed by atoms with Crippen molar-refractivity contribution in [3.8, 4) is 0 Å². The van der Waals surface area contributed by atoms with Gasteiger partial charge < -0.3 is 19.3 Å². The van der Waals surface area contributed by atoms with E-state index in [2.05, 4.69) is 4.98 Å². The molecule has 29 heavy (non-hydrogen) atoms. The van der Waals surface area contributed by atoms with E-state index >= 15 is 0 Å². The molecule has 0 saturated carbocycles. The number of hydrogen-bond donors (Lipinski definition) is 0. The minimum absolute atomic E-state index is 0.0837. The van der Waals surface area contributed by atoms with Gasteiger partial charge in [0.15, 0.2) is 0 Å². The van der Waals surface area contributed by atoms with Gasteiger partial charge in [-0.1, -0.05) is 0 Å². The Kier molecular flexibility index (Phi) is 4.71. The van der Waals surface area contributed by atoms with Crippen molar-refractivity contribution in [1.29, 1.82) is 0 Å². The van der Waals surface area contributed by atoms with Crippen LogP contribution in [0.3, 0.4) is 0 Å². The number of benzene rings is 1. The number of amides is 3. The van der Waals surface area contributed by atoms with Crippen molar-refractivity contribution in [3.63, 3.8) is 0 Å². The maximum absolute atomic E-state index is 12.7. The van der Waals surface area contributed by atoms with Crippen LogP contribution in [0.5, 0.6) is 0 Å². The number of rotatable bonds is 3. The number of carbonyl (C=O) groups excluding carboxylic acids is 2. The molecule has 3 heterocycles. The molecule has 0 aliphatic carbocycles. The number of alkyl halides is 3. The van der Waals surface area contributed by atoms with Crippen LogP contribution >= 0.6 is 0 Å². The van der Waals surface area contributed by atoms with Crippen molar-refractivity contribution < 1.29 is 22.8 Å². The topological polar surface area (TPSA) is 61.7 Å². The van der Waals surface area contributed by atoms with Crippen LogP contribution in [0.4, 0.5) is 18.0 Å². The molecule has 2 aliphatic rings. The number of fused-ring (bicyclic) bond motifs is 1. The number of urea groups is 1. The predicted octanol–water partition coefficient (Wildman–Crippen LogP) is 2.20. The zero-order valence-corrected chi connectivity index (χ0v) is 15.8. The highest BCUT2D eigenvalue weighted by Gasteiger charge is 2.42. The van der Waals surface area contributed by atoms with Crippen molar-refractivity contribution >= 4 is 11.9 Å². The zero-order chi connectivity index (χ0) is 20.8. The first-order valence-electron chi connectivity index (χ1n) is 9.22. The molecule has 1 aromatic heterocycles. The highest BCUT2D eigenvalue weighted by molar-refractivity contribution is 5.94. The minimum Gasteiger partial charge on any atom is -0.337 e. The average Bonchev–Trinajstić information content (AvgIpc) is 3.23. The Morgan fingerprint density at radius 3 is 2.52 bits per heavy atom. The Hall–Kier alpha value is -3.04. The predicted molar refractivity (Wildman–Crippen MR) is 96.9 cm³/mol. The number of nitrogens with zero attached hydrogens (tertiary/aromatic N) is 5. The van der Waals surface area contributed by atoms with Gasteiger partial charge in [0.25, 0.3) is 5.91 Å². The van der Waals surface area contributed by atoms with E-state index in [1.54, 1.807) is 20.9 Å². The van der Waals surface area contributed by atoms with Gasteiger partial charge in [-0.15, -0.1) is 0 Å². The van der Waals surface area contributed by atoms with E-state index in [-0.39, 0.29) is 23.5 Å². The van der Waals surface area contributed by atoms with Gasteiger partial charge in [0.2, 0.25) is 0 Å². The fraction of sp³-hybridized carbons (Fsp3) is 0.421. The van der Waals surface area contributed by atoms with Crippen LogP contribution < -0.4 is 0 Å². The van der Waals surface area contributed by atoms with Crippen molar-refractivity contribution in [1.82, 2.24) is 24.3 Å². The summed E-state index contributed by atoms with van der Waals surface area (Å²) >= 11 is 0. The Bertz CT molecular complexity index is 925. The van der Waals surface area contributed by atoms with Crippen LogP contribution in [0.1, 0.15) is 21.7 Å². The molecular weight excluding hydrogens is 387 g/mol. The lowest BCUT2D eigenvalue weighted by molar-refractivity contribution is -0.137. The third kappa shape index (κ3) is 3.66. The van der Waals surface area contributed by atoms with E-state index in [9.17, 15) is 22.8 Å². The molecule has 10 heteroatoms. The minimum atomic E-state index is -4.44. The van der Waals surface area contributed by atoms with Crippen LogP contribution in [0.2, 0.25) is 0 Å². The van der Waals surface area contributed by atoms with E-state index < -0.39 is 11.7 Å². The van der Waals surface area contributed by atoms with Gasteiger partial charge >= 0.3 is 12.2 Å². The lowest BCUT2D eigenvalue weighted by Gasteiger charge is -2.36. The number of carbonyl (C=O) groups is 2. The van der Waals surface area contributed by atoms with Gasteiger partial charge in [-0.25, -0.2) is 9.78 Å². The van der Waals surface area contributed by atoms with Crippen LogP contribution in [-0.4, -0.2) is 68.4 Å². The molecule has 154 valence electrons. The second-order valence-corrected chi connectivity index (χ2v) is 7.29. The van der Waals surface area contributed by atoms with Crippen molar-refractivity contribution in [2.45, 2.75) is 18.8 Å². The van der Waals surface area contributed by atoms with Crippen molar-refractivity contribution in [2.24, 2.45) is 7.05 Å². The SMILES string of the molecule is Cn1ccnc1CN1C[C@H]2CN(C(=O)c3ccc(C(F)(F)F)cc3)CCN2C1=O. The van der Waals surface area contributed by atoms with E-state index in [0.29, 0.717) is 32.7 Å². The van der Waals surface area contributed by atoms with Crippen molar-refractivity contribution in [2.75, 3.05) is 26.2 Å². The molecule has 7 nitrogen and oxygen atoms in total. The fourth-order valence-corrected chi connectivity index (χ4v) is 3.80. The van der Waals surface area contributed by atoms with Gasteiger partial charge in [0, 0.05) is 51.2 Å². The van der Waals surface area contributed by atoms with Crippen LogP contribution in [0.15, 0.2) is 36.7 Å². The number of halogens is 3. The smallest absolute Gasteiger partial charge is 0.337 e. The largest absolute Gasteiger partial charge is 0.416 e. The monoisotopic (exact) mass is 407 g/mol. The maximum atomic E-state index is 12.7. The van der Waals surface area contributed by atoms with E-state index in [1.807, 2.05) is 17.8 Å². The molecule has 2 aromatic rings. The standard InChI is InChI=1S/C19H20F3N5O2/c1-24-7-6-23-16(24)12-26-11-15-10-25(8-9-27(15)18(26)29)17(28)13-2-4-14(5-3-13)19(20,21)22/h2-7,15H,8-12H2,1H3/t15-/m1/s1. The molecule has 2 aliphatic heterocycles. The van der Waals surface area contributed by atoms with Gasteiger partial charge in [-0.05, 0) is 24.3 Å². The first-order chi connectivity index (χ1) is 13.7. The fourth-order valence-electron chi connectivity index (χ4n) is 3.80. The summed E-state index contributed by atoms with van der Waals surface area (Å²) in [6.07, 6.45) is -0.949. The second-order valence-electron chi connectivity index (χ2n) is 7.29. The molecule has 2 saturated heterocycles. The molecule has 0 unspecified atom stereocenters. The number of aromatic nitrogens is 2.